The van der Waals surface area contributed by atoms with E-state index in [-0.39, 0.29) is 12.4 Å². The molecule has 1 aromatic rings. The van der Waals surface area contributed by atoms with E-state index in [9.17, 15) is 9.18 Å². The van der Waals surface area contributed by atoms with E-state index in [1.54, 1.807) is 18.2 Å². The van der Waals surface area contributed by atoms with E-state index in [0.29, 0.717) is 10.8 Å². The van der Waals surface area contributed by atoms with Gasteiger partial charge in [-0.15, -0.1) is 0 Å². The molecule has 1 heterocycles. The summed E-state index contributed by atoms with van der Waals surface area (Å²) in [6.07, 6.45) is 1.14. The molecule has 18 heavy (non-hydrogen) atoms. The molecule has 0 spiro atoms. The van der Waals surface area contributed by atoms with Crippen molar-refractivity contribution in [2.75, 3.05) is 6.54 Å². The van der Waals surface area contributed by atoms with Crippen LogP contribution >= 0.6 is 0 Å². The Morgan fingerprint density at radius 3 is 2.78 bits per heavy atom. The van der Waals surface area contributed by atoms with Gasteiger partial charge in [-0.1, -0.05) is 0 Å². The Hall–Kier alpha value is -2.12. The van der Waals surface area contributed by atoms with E-state index in [1.807, 2.05) is 0 Å². The highest BCUT2D eigenvalue weighted by atomic mass is 19.1. The van der Waals surface area contributed by atoms with Gasteiger partial charge >= 0.3 is 6.03 Å². The van der Waals surface area contributed by atoms with Crippen LogP contribution in [0, 0.1) is 5.82 Å². The minimum absolute atomic E-state index is 0.0902. The fourth-order valence-corrected chi connectivity index (χ4v) is 1.53. The molecule has 4 N–H and O–H groups in total. The summed E-state index contributed by atoms with van der Waals surface area (Å²) in [5, 5.41) is 9.51. The van der Waals surface area contributed by atoms with Crippen molar-refractivity contribution in [2.45, 2.75) is 6.10 Å². The smallest absolute Gasteiger partial charge is 0.338 e. The van der Waals surface area contributed by atoms with Crippen LogP contribution in [0.5, 0.6) is 0 Å². The highest BCUT2D eigenvalue weighted by molar-refractivity contribution is 5.71. The number of urea groups is 1. The number of halogens is 1. The summed E-state index contributed by atoms with van der Waals surface area (Å²) in [7, 11) is 0. The number of nitrogens with one attached hydrogen (secondary N) is 1. The average Bonchev–Trinajstić information content (AvgIpc) is 2.78. The maximum absolute atomic E-state index is 12.7. The van der Waals surface area contributed by atoms with Crippen molar-refractivity contribution in [2.24, 2.45) is 5.73 Å². The summed E-state index contributed by atoms with van der Waals surface area (Å²) >= 11 is 0. The topological polar surface area (TPSA) is 87.8 Å². The van der Waals surface area contributed by atoms with Crippen molar-refractivity contribution in [1.29, 1.82) is 0 Å². The highest BCUT2D eigenvalue weighted by Gasteiger charge is 2.21. The predicted octanol–water partition coefficient (Wildman–Crippen LogP) is 0.840. The second-order valence-electron chi connectivity index (χ2n) is 3.77. The molecule has 7 heteroatoms. The number of benzene rings is 1. The number of primary amides is 1. The van der Waals surface area contributed by atoms with Crippen molar-refractivity contribution in [3.05, 3.63) is 41.7 Å². The minimum Gasteiger partial charge on any atom is -0.350 e. The first-order valence-electron chi connectivity index (χ1n) is 5.21. The van der Waals surface area contributed by atoms with Gasteiger partial charge in [-0.05, 0) is 35.9 Å². The molecule has 1 atom stereocenters. The van der Waals surface area contributed by atoms with Gasteiger partial charge < -0.3 is 5.73 Å². The zero-order valence-electron chi connectivity index (χ0n) is 9.34. The van der Waals surface area contributed by atoms with E-state index in [0.717, 1.165) is 5.56 Å². The van der Waals surface area contributed by atoms with Gasteiger partial charge in [-0.2, -0.15) is 0 Å². The zero-order chi connectivity index (χ0) is 13.1. The first kappa shape index (κ1) is 12.3. The second kappa shape index (κ2) is 5.03. The average molecular weight is 253 g/mol. The molecule has 1 aliphatic heterocycles. The molecule has 1 unspecified atom stereocenters. The normalized spacial score (nSPS) is 18.1. The molecular weight excluding hydrogens is 241 g/mol. The van der Waals surface area contributed by atoms with Crippen LogP contribution in [0.2, 0.25) is 0 Å². The molecule has 0 bridgehead atoms. The monoisotopic (exact) mass is 253 g/mol. The first-order valence-corrected chi connectivity index (χ1v) is 5.21. The minimum atomic E-state index is -0.956. The van der Waals surface area contributed by atoms with Crippen LogP contribution in [0.1, 0.15) is 5.56 Å². The van der Waals surface area contributed by atoms with Gasteiger partial charge in [0, 0.05) is 0 Å². The Morgan fingerprint density at radius 1 is 1.50 bits per heavy atom. The largest absolute Gasteiger partial charge is 0.350 e. The summed E-state index contributed by atoms with van der Waals surface area (Å²) in [6, 6.07) is 4.87. The lowest BCUT2D eigenvalue weighted by molar-refractivity contribution is -0.0759. The second-order valence-corrected chi connectivity index (χ2v) is 3.77. The van der Waals surface area contributed by atoms with E-state index >= 15 is 0 Å². The van der Waals surface area contributed by atoms with Gasteiger partial charge in [-0.25, -0.2) is 14.2 Å². The van der Waals surface area contributed by atoms with Crippen LogP contribution in [-0.2, 0) is 4.84 Å². The number of hydrogen-bond acceptors (Lipinski definition) is 4. The maximum Gasteiger partial charge on any atom is 0.338 e. The van der Waals surface area contributed by atoms with Crippen LogP contribution in [0.4, 0.5) is 9.18 Å². The van der Waals surface area contributed by atoms with E-state index < -0.39 is 12.1 Å². The van der Waals surface area contributed by atoms with Gasteiger partial charge in [0.1, 0.15) is 11.9 Å². The third-order valence-electron chi connectivity index (χ3n) is 2.44. The SMILES string of the molecule is NC(=O)N(O)CC1C=C(c2ccc(F)cc2)NO1. The lowest BCUT2D eigenvalue weighted by Gasteiger charge is -2.14. The van der Waals surface area contributed by atoms with E-state index in [2.05, 4.69) is 5.48 Å². The van der Waals surface area contributed by atoms with Crippen LogP contribution < -0.4 is 11.2 Å². The summed E-state index contributed by atoms with van der Waals surface area (Å²) < 4.78 is 12.7. The molecule has 1 aromatic carbocycles. The fourth-order valence-electron chi connectivity index (χ4n) is 1.53. The molecule has 2 rings (SSSR count). The van der Waals surface area contributed by atoms with Crippen molar-refractivity contribution >= 4 is 11.7 Å². The van der Waals surface area contributed by atoms with Crippen LogP contribution in [0.15, 0.2) is 30.3 Å². The number of nitrogens with zero attached hydrogens (tertiary/aromatic N) is 1. The maximum atomic E-state index is 12.7. The molecule has 1 aliphatic rings. The van der Waals surface area contributed by atoms with Crippen LogP contribution in [0.3, 0.4) is 0 Å². The van der Waals surface area contributed by atoms with Crippen LogP contribution in [-0.4, -0.2) is 29.0 Å². The Balaban J connectivity index is 2.04. The number of hydrogen-bond donors (Lipinski definition) is 3. The summed E-state index contributed by atoms with van der Waals surface area (Å²) in [4.78, 5) is 15.8. The van der Waals surface area contributed by atoms with Crippen LogP contribution in [0.25, 0.3) is 5.70 Å². The predicted molar refractivity (Wildman–Crippen MR) is 60.5 cm³/mol. The van der Waals surface area contributed by atoms with Crippen molar-refractivity contribution in [1.82, 2.24) is 10.5 Å². The first-order chi connectivity index (χ1) is 8.56. The summed E-state index contributed by atoms with van der Waals surface area (Å²) in [5.74, 6) is -0.329. The fraction of sp³-hybridized carbons (Fsp3) is 0.182. The van der Waals surface area contributed by atoms with E-state index in [4.69, 9.17) is 15.8 Å². The molecule has 96 valence electrons. The standard InChI is InChI=1S/C11H12FN3O3/c12-8-3-1-7(2-4-8)10-5-9(18-14-10)6-15(17)11(13)16/h1-5,9,14,17H,6H2,(H2,13,16). The lowest BCUT2D eigenvalue weighted by Crippen LogP contribution is -2.38. The number of hydroxylamine groups is 3. The quantitative estimate of drug-likeness (QED) is 0.550. The van der Waals surface area contributed by atoms with Gasteiger partial charge in [0.25, 0.3) is 0 Å². The third kappa shape index (κ3) is 2.76. The molecule has 0 aromatic heterocycles. The molecule has 2 amide bonds. The molecule has 6 nitrogen and oxygen atoms in total. The van der Waals surface area contributed by atoms with Crippen molar-refractivity contribution < 1.29 is 19.2 Å². The Bertz CT molecular complexity index is 475. The Labute approximate surface area is 102 Å². The summed E-state index contributed by atoms with van der Waals surface area (Å²) in [5.41, 5.74) is 8.89. The number of nitrogens with two attached hydrogens (primary N) is 1. The number of amides is 2. The number of rotatable bonds is 3. The Kier molecular flexibility index (Phi) is 3.45. The summed E-state index contributed by atoms with van der Waals surface area (Å²) in [6.45, 7) is -0.0902. The van der Waals surface area contributed by atoms with Gasteiger partial charge in [0.05, 0.1) is 12.2 Å². The van der Waals surface area contributed by atoms with Gasteiger partial charge in [-0.3, -0.25) is 15.5 Å². The Morgan fingerprint density at radius 2 is 2.17 bits per heavy atom. The molecule has 0 radical (unpaired) electrons. The lowest BCUT2D eigenvalue weighted by atomic mass is 10.1. The van der Waals surface area contributed by atoms with E-state index in [1.165, 1.54) is 12.1 Å². The molecular formula is C11H12FN3O3. The van der Waals surface area contributed by atoms with Crippen molar-refractivity contribution in [3.63, 3.8) is 0 Å². The van der Waals surface area contributed by atoms with Crippen molar-refractivity contribution in [3.8, 4) is 0 Å². The molecule has 0 aliphatic carbocycles. The van der Waals surface area contributed by atoms with Gasteiger partial charge in [0.2, 0.25) is 0 Å². The number of carbonyl (C=O) groups is 1. The molecule has 0 saturated heterocycles. The molecule has 0 fully saturated rings. The highest BCUT2D eigenvalue weighted by Crippen LogP contribution is 2.18. The zero-order valence-corrected chi connectivity index (χ0v) is 9.34. The molecule has 0 saturated carbocycles. The van der Waals surface area contributed by atoms with Gasteiger partial charge in [0.15, 0.2) is 0 Å². The number of carbonyl (C=O) groups excluding carboxylic acids is 1. The third-order valence-corrected chi connectivity index (χ3v) is 2.44.